The van der Waals surface area contributed by atoms with E-state index in [-0.39, 0.29) is 17.8 Å². The van der Waals surface area contributed by atoms with Crippen LogP contribution in [0.2, 0.25) is 0 Å². The molecule has 0 spiro atoms. The Morgan fingerprint density at radius 2 is 1.76 bits per heavy atom. The standard InChI is InChI=1S/C28H28F4N4O2/c1-4-36(5-2)14-13-33-27(38)23-16(3)34-22(25(23)28(30,31)32)15-20-24-19(17-9-11-18(29)12-10-17)7-6-8-21(24)35-26(20)37/h6-12,15,34H,4-5,13-14H2,1-3H3,(H,33,38)(H,35,37)/b20-15-. The minimum absolute atomic E-state index is 0.000154. The number of hydrogen-bond donors (Lipinski definition) is 3. The van der Waals surface area contributed by atoms with Gasteiger partial charge in [-0.3, -0.25) is 9.59 Å². The van der Waals surface area contributed by atoms with Crippen LogP contribution >= 0.6 is 0 Å². The molecule has 0 aliphatic carbocycles. The van der Waals surface area contributed by atoms with Crippen LogP contribution in [0.5, 0.6) is 0 Å². The van der Waals surface area contributed by atoms with Crippen molar-refractivity contribution in [3.63, 3.8) is 0 Å². The first-order valence-electron chi connectivity index (χ1n) is 12.3. The molecule has 0 saturated heterocycles. The predicted octanol–water partition coefficient (Wildman–Crippen LogP) is 5.71. The second-order valence-electron chi connectivity index (χ2n) is 8.94. The number of nitrogens with zero attached hydrogens (tertiary/aromatic N) is 1. The number of anilines is 1. The van der Waals surface area contributed by atoms with Gasteiger partial charge in [0.1, 0.15) is 5.82 Å². The van der Waals surface area contributed by atoms with Gasteiger partial charge < -0.3 is 20.5 Å². The van der Waals surface area contributed by atoms with Gasteiger partial charge in [0.05, 0.1) is 22.4 Å². The summed E-state index contributed by atoms with van der Waals surface area (Å²) >= 11 is 0. The SMILES string of the molecule is CCN(CC)CCNC(=O)c1c(C)[nH]c(/C=C2\C(=O)Nc3cccc(-c4ccc(F)cc4)c32)c1C(F)(F)F. The number of alkyl halides is 3. The quantitative estimate of drug-likeness (QED) is 0.259. The van der Waals surface area contributed by atoms with E-state index in [4.69, 9.17) is 0 Å². The summed E-state index contributed by atoms with van der Waals surface area (Å²) in [5.41, 5.74) is -0.0245. The number of carbonyl (C=O) groups excluding carboxylic acids is 2. The molecular weight excluding hydrogens is 500 g/mol. The molecule has 2 aromatic carbocycles. The van der Waals surface area contributed by atoms with Crippen molar-refractivity contribution in [1.29, 1.82) is 0 Å². The van der Waals surface area contributed by atoms with Crippen LogP contribution in [0.15, 0.2) is 42.5 Å². The number of aromatic amines is 1. The number of amides is 2. The van der Waals surface area contributed by atoms with Gasteiger partial charge in [-0.1, -0.05) is 38.1 Å². The Kier molecular flexibility index (Phi) is 7.73. The molecule has 1 aromatic heterocycles. The Morgan fingerprint density at radius 3 is 2.39 bits per heavy atom. The number of nitrogens with one attached hydrogen (secondary N) is 3. The highest BCUT2D eigenvalue weighted by Crippen LogP contribution is 2.43. The average Bonchev–Trinajstić information content (AvgIpc) is 3.38. The summed E-state index contributed by atoms with van der Waals surface area (Å²) in [5.74, 6) is -1.86. The maximum Gasteiger partial charge on any atom is 0.419 e. The summed E-state index contributed by atoms with van der Waals surface area (Å²) in [6.45, 7) is 7.52. The van der Waals surface area contributed by atoms with Crippen LogP contribution in [-0.4, -0.2) is 47.9 Å². The normalized spacial score (nSPS) is 14.2. The van der Waals surface area contributed by atoms with E-state index in [1.54, 1.807) is 18.2 Å². The molecule has 6 nitrogen and oxygen atoms in total. The number of likely N-dealkylation sites (N-methyl/N-ethyl adjacent to an activating group) is 1. The summed E-state index contributed by atoms with van der Waals surface area (Å²) in [4.78, 5) is 30.5. The molecule has 1 aliphatic rings. The van der Waals surface area contributed by atoms with Crippen molar-refractivity contribution in [3.05, 3.63) is 76.4 Å². The van der Waals surface area contributed by atoms with Gasteiger partial charge in [-0.15, -0.1) is 0 Å². The van der Waals surface area contributed by atoms with Crippen molar-refractivity contribution < 1.29 is 27.2 Å². The number of hydrogen-bond acceptors (Lipinski definition) is 3. The van der Waals surface area contributed by atoms with Crippen molar-refractivity contribution in [1.82, 2.24) is 15.2 Å². The molecular formula is C28H28F4N4O2. The van der Waals surface area contributed by atoms with Crippen molar-refractivity contribution in [2.75, 3.05) is 31.5 Å². The van der Waals surface area contributed by atoms with E-state index < -0.39 is 40.6 Å². The number of aryl methyl sites for hydroxylation is 1. The molecule has 4 rings (SSSR count). The highest BCUT2D eigenvalue weighted by molar-refractivity contribution is 6.36. The highest BCUT2D eigenvalue weighted by Gasteiger charge is 2.41. The number of benzene rings is 2. The van der Waals surface area contributed by atoms with Gasteiger partial charge in [-0.2, -0.15) is 13.2 Å². The van der Waals surface area contributed by atoms with Crippen LogP contribution < -0.4 is 10.6 Å². The van der Waals surface area contributed by atoms with E-state index in [0.29, 0.717) is 28.9 Å². The maximum atomic E-state index is 14.3. The molecule has 200 valence electrons. The predicted molar refractivity (Wildman–Crippen MR) is 139 cm³/mol. The molecule has 2 amide bonds. The van der Waals surface area contributed by atoms with Gasteiger partial charge in [0.2, 0.25) is 0 Å². The summed E-state index contributed by atoms with van der Waals surface area (Å²) in [7, 11) is 0. The van der Waals surface area contributed by atoms with E-state index in [0.717, 1.165) is 19.2 Å². The van der Waals surface area contributed by atoms with Gasteiger partial charge in [-0.05, 0) is 55.4 Å². The van der Waals surface area contributed by atoms with Gasteiger partial charge in [0.15, 0.2) is 0 Å². The summed E-state index contributed by atoms with van der Waals surface area (Å²) in [5, 5.41) is 5.27. The Bertz CT molecular complexity index is 1390. The van der Waals surface area contributed by atoms with Crippen molar-refractivity contribution in [2.24, 2.45) is 0 Å². The van der Waals surface area contributed by atoms with Crippen molar-refractivity contribution >= 4 is 29.2 Å². The Balaban J connectivity index is 1.77. The smallest absolute Gasteiger partial charge is 0.358 e. The number of aromatic nitrogens is 1. The molecule has 3 aromatic rings. The fraction of sp³-hybridized carbons (Fsp3) is 0.286. The molecule has 0 atom stereocenters. The van der Waals surface area contributed by atoms with Gasteiger partial charge in [0, 0.05) is 30.0 Å². The molecule has 0 bridgehead atoms. The van der Waals surface area contributed by atoms with E-state index in [9.17, 15) is 27.2 Å². The molecule has 10 heteroatoms. The third kappa shape index (κ3) is 5.35. The lowest BCUT2D eigenvalue weighted by Gasteiger charge is -2.18. The van der Waals surface area contributed by atoms with Crippen LogP contribution in [0.1, 0.15) is 46.7 Å². The monoisotopic (exact) mass is 528 g/mol. The summed E-state index contributed by atoms with van der Waals surface area (Å²) in [6, 6.07) is 10.6. The largest absolute Gasteiger partial charge is 0.419 e. The first-order valence-corrected chi connectivity index (χ1v) is 12.3. The zero-order chi connectivity index (χ0) is 27.6. The molecule has 0 saturated carbocycles. The van der Waals surface area contributed by atoms with E-state index in [1.807, 2.05) is 18.7 Å². The lowest BCUT2D eigenvalue weighted by Crippen LogP contribution is -2.35. The molecule has 2 heterocycles. The summed E-state index contributed by atoms with van der Waals surface area (Å²) < 4.78 is 56.4. The van der Waals surface area contributed by atoms with Crippen LogP contribution in [0.3, 0.4) is 0 Å². The lowest BCUT2D eigenvalue weighted by molar-refractivity contribution is -0.138. The van der Waals surface area contributed by atoms with Crippen LogP contribution in [0.4, 0.5) is 23.2 Å². The van der Waals surface area contributed by atoms with E-state index >= 15 is 0 Å². The Morgan fingerprint density at radius 1 is 1.08 bits per heavy atom. The second kappa shape index (κ2) is 10.8. The van der Waals surface area contributed by atoms with Crippen molar-refractivity contribution in [2.45, 2.75) is 26.9 Å². The zero-order valence-corrected chi connectivity index (χ0v) is 21.2. The second-order valence-corrected chi connectivity index (χ2v) is 8.94. The first-order chi connectivity index (χ1) is 18.0. The Hall–Kier alpha value is -3.92. The average molecular weight is 529 g/mol. The molecule has 1 aliphatic heterocycles. The lowest BCUT2D eigenvalue weighted by atomic mass is 9.94. The minimum Gasteiger partial charge on any atom is -0.358 e. The fourth-order valence-electron chi connectivity index (χ4n) is 4.69. The molecule has 0 radical (unpaired) electrons. The third-order valence-electron chi connectivity index (χ3n) is 6.61. The van der Waals surface area contributed by atoms with Crippen LogP contribution in [-0.2, 0) is 11.0 Å². The third-order valence-corrected chi connectivity index (χ3v) is 6.61. The van der Waals surface area contributed by atoms with Gasteiger partial charge in [-0.25, -0.2) is 4.39 Å². The van der Waals surface area contributed by atoms with Crippen LogP contribution in [0.25, 0.3) is 22.8 Å². The number of fused-ring (bicyclic) bond motifs is 1. The summed E-state index contributed by atoms with van der Waals surface area (Å²) in [6.07, 6.45) is -3.74. The minimum atomic E-state index is -4.86. The van der Waals surface area contributed by atoms with E-state index in [1.165, 1.54) is 31.2 Å². The van der Waals surface area contributed by atoms with Gasteiger partial charge >= 0.3 is 6.18 Å². The van der Waals surface area contributed by atoms with Crippen molar-refractivity contribution in [3.8, 4) is 11.1 Å². The number of carbonyl (C=O) groups is 2. The first kappa shape index (κ1) is 27.1. The molecule has 3 N–H and O–H groups in total. The fourth-order valence-corrected chi connectivity index (χ4v) is 4.69. The van der Waals surface area contributed by atoms with Crippen LogP contribution in [0, 0.1) is 12.7 Å². The Labute approximate surface area is 217 Å². The number of rotatable bonds is 8. The maximum absolute atomic E-state index is 14.3. The molecule has 38 heavy (non-hydrogen) atoms. The number of halogens is 4. The zero-order valence-electron chi connectivity index (χ0n) is 21.2. The van der Waals surface area contributed by atoms with Gasteiger partial charge in [0.25, 0.3) is 11.8 Å². The molecule has 0 fully saturated rings. The van der Waals surface area contributed by atoms with E-state index in [2.05, 4.69) is 15.6 Å². The topological polar surface area (TPSA) is 77.2 Å². The highest BCUT2D eigenvalue weighted by atomic mass is 19.4. The molecule has 0 unspecified atom stereocenters. The number of H-pyrrole nitrogens is 1.